The lowest BCUT2D eigenvalue weighted by Gasteiger charge is -2.23. The van der Waals surface area contributed by atoms with Crippen LogP contribution in [0.2, 0.25) is 0 Å². The summed E-state index contributed by atoms with van der Waals surface area (Å²) in [5.41, 5.74) is 1.69. The van der Waals surface area contributed by atoms with Crippen molar-refractivity contribution in [3.8, 4) is 11.3 Å². The molecular weight excluding hydrogens is 394 g/mol. The fraction of sp³-hybridized carbons (Fsp3) is 0.348. The summed E-state index contributed by atoms with van der Waals surface area (Å²) in [4.78, 5) is 22.4. The van der Waals surface area contributed by atoms with Crippen molar-refractivity contribution in [2.75, 3.05) is 0 Å². The van der Waals surface area contributed by atoms with Crippen LogP contribution in [0.3, 0.4) is 0 Å². The fourth-order valence-electron chi connectivity index (χ4n) is 3.22. The van der Waals surface area contributed by atoms with Crippen LogP contribution >= 0.6 is 0 Å². The van der Waals surface area contributed by atoms with E-state index in [0.717, 1.165) is 5.56 Å². The maximum Gasteiger partial charge on any atom is 0.259 e. The summed E-state index contributed by atoms with van der Waals surface area (Å²) in [5.74, 6) is 0.613. The number of hydrogen-bond donors (Lipinski definition) is 1. The highest BCUT2D eigenvalue weighted by Crippen LogP contribution is 2.29. The average Bonchev–Trinajstić information content (AvgIpc) is 3.36. The zero-order chi connectivity index (χ0) is 22.4. The molecule has 0 aliphatic heterocycles. The van der Waals surface area contributed by atoms with Gasteiger partial charge in [-0.2, -0.15) is 4.98 Å². The molecule has 0 saturated carbocycles. The normalized spacial score (nSPS) is 12.3. The quantitative estimate of drug-likeness (QED) is 0.517. The SMILES string of the molecule is Cc1noc2nc(-c3ccccc3)cc(C(=O)NC(C)(C)c3noc(C(C)(C)C)n3)c12. The largest absolute Gasteiger partial charge is 0.340 e. The Morgan fingerprint density at radius 3 is 2.32 bits per heavy atom. The first-order valence-electron chi connectivity index (χ1n) is 10.1. The molecule has 0 spiro atoms. The Bertz CT molecular complexity index is 1250. The van der Waals surface area contributed by atoms with Crippen LogP contribution in [0.4, 0.5) is 0 Å². The lowest BCUT2D eigenvalue weighted by molar-refractivity contribution is 0.0909. The van der Waals surface area contributed by atoms with Gasteiger partial charge in [0.15, 0.2) is 5.82 Å². The van der Waals surface area contributed by atoms with E-state index in [0.29, 0.717) is 39.8 Å². The third-order valence-corrected chi connectivity index (χ3v) is 4.98. The predicted molar refractivity (Wildman–Crippen MR) is 115 cm³/mol. The number of fused-ring (bicyclic) bond motifs is 1. The van der Waals surface area contributed by atoms with E-state index in [9.17, 15) is 4.79 Å². The third kappa shape index (κ3) is 3.93. The van der Waals surface area contributed by atoms with Crippen LogP contribution in [0.1, 0.15) is 62.4 Å². The monoisotopic (exact) mass is 419 g/mol. The highest BCUT2D eigenvalue weighted by molar-refractivity contribution is 6.07. The summed E-state index contributed by atoms with van der Waals surface area (Å²) in [5, 5.41) is 11.7. The van der Waals surface area contributed by atoms with E-state index in [4.69, 9.17) is 9.05 Å². The molecule has 160 valence electrons. The number of hydrogen-bond acceptors (Lipinski definition) is 7. The molecule has 0 unspecified atom stereocenters. The molecule has 1 aromatic carbocycles. The van der Waals surface area contributed by atoms with Crippen molar-refractivity contribution in [2.45, 2.75) is 52.5 Å². The molecule has 8 heteroatoms. The smallest absolute Gasteiger partial charge is 0.259 e. The average molecular weight is 419 g/mol. The summed E-state index contributed by atoms with van der Waals surface area (Å²) in [7, 11) is 0. The molecule has 0 radical (unpaired) electrons. The molecule has 0 fully saturated rings. The second kappa shape index (κ2) is 7.30. The Hall–Kier alpha value is -3.55. The van der Waals surface area contributed by atoms with Crippen molar-refractivity contribution in [1.82, 2.24) is 25.6 Å². The van der Waals surface area contributed by atoms with Crippen molar-refractivity contribution >= 4 is 17.0 Å². The van der Waals surface area contributed by atoms with Crippen LogP contribution in [0.25, 0.3) is 22.4 Å². The standard InChI is InChI=1S/C23H25N5O3/c1-13-17-15(12-16(24-19(17)30-27-13)14-10-8-7-9-11-14)18(29)26-23(5,6)20-25-21(31-28-20)22(2,3)4/h7-12H,1-6H3,(H,26,29). The molecule has 0 saturated heterocycles. The number of carbonyl (C=O) groups excluding carboxylic acids is 1. The van der Waals surface area contributed by atoms with E-state index in [1.54, 1.807) is 13.0 Å². The van der Waals surface area contributed by atoms with Gasteiger partial charge >= 0.3 is 0 Å². The van der Waals surface area contributed by atoms with Gasteiger partial charge in [0.1, 0.15) is 0 Å². The molecule has 1 amide bonds. The molecule has 31 heavy (non-hydrogen) atoms. The zero-order valence-corrected chi connectivity index (χ0v) is 18.5. The van der Waals surface area contributed by atoms with Crippen LogP contribution in [-0.4, -0.2) is 26.2 Å². The molecule has 1 N–H and O–H groups in total. The summed E-state index contributed by atoms with van der Waals surface area (Å²) >= 11 is 0. The van der Waals surface area contributed by atoms with Gasteiger partial charge in [-0.25, -0.2) is 4.98 Å². The molecule has 0 bridgehead atoms. The van der Waals surface area contributed by atoms with Crippen molar-refractivity contribution in [2.24, 2.45) is 0 Å². The summed E-state index contributed by atoms with van der Waals surface area (Å²) in [6.07, 6.45) is 0. The molecule has 3 heterocycles. The highest BCUT2D eigenvalue weighted by Gasteiger charge is 2.32. The molecule has 0 atom stereocenters. The second-order valence-electron chi connectivity index (χ2n) is 9.12. The topological polar surface area (TPSA) is 107 Å². The van der Waals surface area contributed by atoms with Crippen LogP contribution in [0.5, 0.6) is 0 Å². The zero-order valence-electron chi connectivity index (χ0n) is 18.5. The van der Waals surface area contributed by atoms with E-state index in [1.807, 2.05) is 65.0 Å². The van der Waals surface area contributed by atoms with Crippen LogP contribution in [0.15, 0.2) is 45.4 Å². The molecule has 0 aliphatic rings. The van der Waals surface area contributed by atoms with E-state index in [2.05, 4.69) is 25.6 Å². The summed E-state index contributed by atoms with van der Waals surface area (Å²) in [6, 6.07) is 11.4. The van der Waals surface area contributed by atoms with E-state index in [1.165, 1.54) is 0 Å². The molecular formula is C23H25N5O3. The first-order valence-corrected chi connectivity index (χ1v) is 10.1. The fourth-order valence-corrected chi connectivity index (χ4v) is 3.22. The maximum atomic E-state index is 13.4. The van der Waals surface area contributed by atoms with E-state index in [-0.39, 0.29) is 11.3 Å². The minimum atomic E-state index is -0.863. The van der Waals surface area contributed by atoms with Gasteiger partial charge in [-0.1, -0.05) is 61.4 Å². The van der Waals surface area contributed by atoms with Crippen molar-refractivity contribution in [1.29, 1.82) is 0 Å². The lowest BCUT2D eigenvalue weighted by Crippen LogP contribution is -2.42. The van der Waals surface area contributed by atoms with E-state index < -0.39 is 5.54 Å². The number of aromatic nitrogens is 4. The van der Waals surface area contributed by atoms with Gasteiger partial charge in [0.2, 0.25) is 5.89 Å². The van der Waals surface area contributed by atoms with Crippen LogP contribution in [0, 0.1) is 6.92 Å². The van der Waals surface area contributed by atoms with Gasteiger partial charge in [0, 0.05) is 11.0 Å². The van der Waals surface area contributed by atoms with Gasteiger partial charge in [0.05, 0.1) is 27.9 Å². The number of carbonyl (C=O) groups is 1. The van der Waals surface area contributed by atoms with Gasteiger partial charge in [0.25, 0.3) is 11.6 Å². The summed E-state index contributed by atoms with van der Waals surface area (Å²) in [6.45, 7) is 11.4. The molecule has 3 aromatic heterocycles. The van der Waals surface area contributed by atoms with E-state index >= 15 is 0 Å². The lowest BCUT2D eigenvalue weighted by atomic mass is 9.96. The van der Waals surface area contributed by atoms with Gasteiger partial charge in [-0.15, -0.1) is 0 Å². The Kier molecular flexibility index (Phi) is 4.88. The molecule has 4 aromatic rings. The first-order chi connectivity index (χ1) is 14.6. The first kappa shape index (κ1) is 20.7. The Labute approximate surface area is 180 Å². The number of amides is 1. The Balaban J connectivity index is 1.73. The van der Waals surface area contributed by atoms with Crippen molar-refractivity contribution < 1.29 is 13.8 Å². The second-order valence-corrected chi connectivity index (χ2v) is 9.12. The highest BCUT2D eigenvalue weighted by atomic mass is 16.5. The predicted octanol–water partition coefficient (Wildman–Crippen LogP) is 4.54. The molecule has 0 aliphatic carbocycles. The van der Waals surface area contributed by atoms with Gasteiger partial charge in [-0.05, 0) is 26.8 Å². The minimum Gasteiger partial charge on any atom is -0.340 e. The van der Waals surface area contributed by atoms with Gasteiger partial charge in [-0.3, -0.25) is 4.79 Å². The minimum absolute atomic E-state index is 0.285. The van der Waals surface area contributed by atoms with Crippen LogP contribution < -0.4 is 5.32 Å². The molecule has 8 nitrogen and oxygen atoms in total. The van der Waals surface area contributed by atoms with Crippen molar-refractivity contribution in [3.05, 3.63) is 59.4 Å². The third-order valence-electron chi connectivity index (χ3n) is 4.98. The number of nitrogens with zero attached hydrogens (tertiary/aromatic N) is 4. The number of pyridine rings is 1. The Morgan fingerprint density at radius 2 is 1.68 bits per heavy atom. The Morgan fingerprint density at radius 1 is 0.968 bits per heavy atom. The number of benzene rings is 1. The summed E-state index contributed by atoms with van der Waals surface area (Å²) < 4.78 is 10.8. The van der Waals surface area contributed by atoms with Crippen LogP contribution in [-0.2, 0) is 11.0 Å². The number of aryl methyl sites for hydroxylation is 1. The number of nitrogens with one attached hydrogen (secondary N) is 1. The van der Waals surface area contributed by atoms with Crippen molar-refractivity contribution in [3.63, 3.8) is 0 Å². The van der Waals surface area contributed by atoms with Gasteiger partial charge < -0.3 is 14.4 Å². The molecule has 4 rings (SSSR count). The maximum absolute atomic E-state index is 13.4. The number of rotatable bonds is 4.